The van der Waals surface area contributed by atoms with Crippen LogP contribution in [0.25, 0.3) is 10.4 Å². The first-order valence-corrected chi connectivity index (χ1v) is 24.8. The minimum atomic E-state index is -5.16. The van der Waals surface area contributed by atoms with Gasteiger partial charge in [-0.2, -0.15) is 0 Å². The molecule has 3 aromatic rings. The van der Waals surface area contributed by atoms with Crippen LogP contribution in [-0.2, 0) is 97.5 Å². The van der Waals surface area contributed by atoms with Crippen molar-refractivity contribution in [2.45, 2.75) is 103 Å². The molecule has 1 heterocycles. The zero-order chi connectivity index (χ0) is 51.7. The Labute approximate surface area is 404 Å². The van der Waals surface area contributed by atoms with Crippen LogP contribution in [0.15, 0.2) is 65.8 Å². The van der Waals surface area contributed by atoms with E-state index in [-0.39, 0.29) is 48.1 Å². The van der Waals surface area contributed by atoms with E-state index < -0.39 is 128 Å². The number of ether oxygens (including phenoxy) is 8. The number of nitrogens with zero attached hydrogens (tertiary/aromatic N) is 3. The molecule has 1 aliphatic rings. The number of hydrogen-bond donors (Lipinski definition) is 3. The lowest BCUT2D eigenvalue weighted by Gasteiger charge is -2.43. The quantitative estimate of drug-likeness (QED) is 0.0274. The number of benzene rings is 3. The predicted octanol–water partition coefficient (Wildman–Crippen LogP) is 2.49. The Balaban J connectivity index is 1.66. The molecule has 1 amide bonds. The average molecular weight is 1040 g/mol. The summed E-state index contributed by atoms with van der Waals surface area (Å²) < 4.78 is 128. The summed E-state index contributed by atoms with van der Waals surface area (Å²) >= 11 is 0. The third-order valence-corrected chi connectivity index (χ3v) is 11.3. The number of carbonyl (C=O) groups excluding carboxylic acids is 5. The Bertz CT molecular complexity index is 2670. The summed E-state index contributed by atoms with van der Waals surface area (Å²) in [5, 5.41) is 6.07. The van der Waals surface area contributed by atoms with E-state index in [0.29, 0.717) is 11.1 Å². The lowest BCUT2D eigenvalue weighted by molar-refractivity contribution is -0.288. The summed E-state index contributed by atoms with van der Waals surface area (Å²) in [6.45, 7) is 6.58. The average Bonchev–Trinajstić information content (AvgIpc) is 3.25. The molecule has 1 N–H and O–H groups in total. The predicted molar refractivity (Wildman–Crippen MR) is 241 cm³/mol. The highest BCUT2D eigenvalue weighted by Gasteiger charge is 2.53. The smallest absolute Gasteiger partial charge is 0.489 e. The normalized spacial score (nSPS) is 18.5. The molecule has 1 aliphatic heterocycles. The molecule has 70 heavy (non-hydrogen) atoms. The second kappa shape index (κ2) is 26.3. The fourth-order valence-corrected chi connectivity index (χ4v) is 8.28. The molecule has 7 atom stereocenters. The van der Waals surface area contributed by atoms with Crippen LogP contribution in [0.5, 0.6) is 23.0 Å². The SMILES string of the molecule is CC(=O)OC[C@@H]1OC(Oc2ccc(C(=O)NCC(C)OC(C)CN=[N+]=[N-])cc2OS(=O)(=O)Oc2ccc(COc3ccc(C[SH](=O)=O)cc3C[SH](=O)=O)cc2)[C@@H](OC(C)=O)[C@H](OC(C)=O)[C@@H]1OC(C)=O. The molecule has 382 valence electrons. The summed E-state index contributed by atoms with van der Waals surface area (Å²) in [7, 11) is -10.8. The standard InChI is InChI=1S/C42H50N4O21S3/c1-23(60-24(2)18-45-46-43)17-44-41(51)31-10-14-35(64-42-40(63-28(6)50)39(62-27(5)49)38(61-26(4)48)37(65-42)20-58-25(3)47)36(16-31)67-70(56,57)66-33-11-7-29(8-12-33)19-59-34-13-9-30(21-68(52)53)15-32(34)22-69(54)55/h7-16,23-24,37-40,42,68-69H,17-22H2,1-6H3,(H,44,51)/t23?,24?,37-,38+,39+,40-,42?/m0/s1. The number of carbonyl (C=O) groups is 5. The fourth-order valence-electron chi connectivity index (χ4n) is 6.53. The Morgan fingerprint density at radius 2 is 1.36 bits per heavy atom. The van der Waals surface area contributed by atoms with E-state index in [1.54, 1.807) is 13.8 Å². The van der Waals surface area contributed by atoms with Crippen molar-refractivity contribution in [3.63, 3.8) is 0 Å². The molecule has 4 rings (SSSR count). The van der Waals surface area contributed by atoms with Gasteiger partial charge in [0.15, 0.2) is 23.7 Å². The highest BCUT2D eigenvalue weighted by Crippen LogP contribution is 2.36. The number of rotatable bonds is 25. The molecule has 25 nitrogen and oxygen atoms in total. The number of amides is 1. The van der Waals surface area contributed by atoms with E-state index in [2.05, 4.69) is 15.3 Å². The lowest BCUT2D eigenvalue weighted by atomic mass is 9.98. The summed E-state index contributed by atoms with van der Waals surface area (Å²) in [6.07, 6.45) is -9.41. The molecule has 0 aromatic heterocycles. The lowest BCUT2D eigenvalue weighted by Crippen LogP contribution is -2.63. The van der Waals surface area contributed by atoms with Gasteiger partial charge in [0.1, 0.15) is 52.2 Å². The molecular weight excluding hydrogens is 993 g/mol. The van der Waals surface area contributed by atoms with E-state index >= 15 is 0 Å². The van der Waals surface area contributed by atoms with Crippen molar-refractivity contribution < 1.29 is 95.5 Å². The molecule has 0 bridgehead atoms. The Morgan fingerprint density at radius 1 is 0.743 bits per heavy atom. The largest absolute Gasteiger partial charge is 0.501 e. The monoisotopic (exact) mass is 1040 g/mol. The summed E-state index contributed by atoms with van der Waals surface area (Å²) in [6, 6.07) is 12.9. The molecular formula is C42H50N4O21S3. The molecule has 0 spiro atoms. The molecule has 1 saturated heterocycles. The molecule has 3 unspecified atom stereocenters. The second-order valence-electron chi connectivity index (χ2n) is 15.2. The van der Waals surface area contributed by atoms with Gasteiger partial charge in [-0.05, 0) is 66.9 Å². The van der Waals surface area contributed by atoms with Gasteiger partial charge in [-0.1, -0.05) is 29.4 Å². The van der Waals surface area contributed by atoms with Crippen LogP contribution in [0.3, 0.4) is 0 Å². The highest BCUT2D eigenvalue weighted by atomic mass is 32.3. The van der Waals surface area contributed by atoms with Crippen molar-refractivity contribution in [3.05, 3.63) is 93.4 Å². The third-order valence-electron chi connectivity index (χ3n) is 9.26. The first kappa shape index (κ1) is 55.9. The maximum absolute atomic E-state index is 13.6. The topological polar surface area (TPSA) is 341 Å². The fraction of sp³-hybridized carbons (Fsp3) is 0.452. The van der Waals surface area contributed by atoms with E-state index in [1.165, 1.54) is 48.5 Å². The molecule has 3 aromatic carbocycles. The maximum Gasteiger partial charge on any atom is 0.501 e. The van der Waals surface area contributed by atoms with Gasteiger partial charge in [0, 0.05) is 50.3 Å². The molecule has 28 heteroatoms. The minimum Gasteiger partial charge on any atom is -0.489 e. The third kappa shape index (κ3) is 18.3. The molecule has 0 aliphatic carbocycles. The second-order valence-corrected chi connectivity index (χ2v) is 18.3. The molecule has 0 radical (unpaired) electrons. The van der Waals surface area contributed by atoms with Crippen LogP contribution in [0.1, 0.15) is 68.6 Å². The number of azide groups is 1. The van der Waals surface area contributed by atoms with Crippen molar-refractivity contribution in [3.8, 4) is 23.0 Å². The molecule has 1 fully saturated rings. The van der Waals surface area contributed by atoms with E-state index in [1.807, 2.05) is 0 Å². The van der Waals surface area contributed by atoms with Crippen LogP contribution in [0.4, 0.5) is 0 Å². The minimum absolute atomic E-state index is 0.0229. The van der Waals surface area contributed by atoms with Crippen LogP contribution in [0, 0.1) is 0 Å². The highest BCUT2D eigenvalue weighted by molar-refractivity contribution is 7.82. The summed E-state index contributed by atoms with van der Waals surface area (Å²) in [5.41, 5.74) is 9.44. The zero-order valence-electron chi connectivity index (χ0n) is 38.3. The van der Waals surface area contributed by atoms with Crippen LogP contribution < -0.4 is 23.2 Å². The number of hydrogen-bond acceptors (Lipinski definition) is 22. The van der Waals surface area contributed by atoms with Gasteiger partial charge in [0.05, 0.1) is 30.3 Å². The summed E-state index contributed by atoms with van der Waals surface area (Å²) in [4.78, 5) is 65.0. The Morgan fingerprint density at radius 3 is 1.97 bits per heavy atom. The van der Waals surface area contributed by atoms with Gasteiger partial charge < -0.3 is 51.6 Å². The van der Waals surface area contributed by atoms with Crippen LogP contribution in [-0.4, -0.2) is 118 Å². The van der Waals surface area contributed by atoms with Crippen molar-refractivity contribution in [2.24, 2.45) is 5.11 Å². The zero-order valence-corrected chi connectivity index (χ0v) is 40.9. The first-order chi connectivity index (χ1) is 33.0. The van der Waals surface area contributed by atoms with E-state index in [4.69, 9.17) is 51.8 Å². The maximum atomic E-state index is 13.6. The number of esters is 4. The van der Waals surface area contributed by atoms with Crippen molar-refractivity contribution in [1.82, 2.24) is 5.32 Å². The summed E-state index contributed by atoms with van der Waals surface area (Å²) in [5.74, 6) is -6.41. The van der Waals surface area contributed by atoms with Gasteiger partial charge in [0.25, 0.3) is 5.91 Å². The van der Waals surface area contributed by atoms with Gasteiger partial charge >= 0.3 is 34.3 Å². The van der Waals surface area contributed by atoms with Crippen molar-refractivity contribution in [2.75, 3.05) is 19.7 Å². The first-order valence-electron chi connectivity index (χ1n) is 20.8. The van der Waals surface area contributed by atoms with E-state index in [9.17, 15) is 49.2 Å². The van der Waals surface area contributed by atoms with Gasteiger partial charge in [-0.15, -0.1) is 8.42 Å². The molecule has 0 saturated carbocycles. The van der Waals surface area contributed by atoms with Gasteiger partial charge in [-0.3, -0.25) is 24.0 Å². The number of thiol groups is 2. The Kier molecular flexibility index (Phi) is 21.0. The van der Waals surface area contributed by atoms with Crippen molar-refractivity contribution >= 4 is 61.6 Å². The number of nitrogens with one attached hydrogen (secondary N) is 1. The van der Waals surface area contributed by atoms with Crippen LogP contribution in [0.2, 0.25) is 0 Å². The van der Waals surface area contributed by atoms with Crippen LogP contribution >= 0.6 is 0 Å². The van der Waals surface area contributed by atoms with Crippen molar-refractivity contribution in [1.29, 1.82) is 0 Å². The Hall–Kier alpha value is -6.71. The van der Waals surface area contributed by atoms with Gasteiger partial charge in [0.2, 0.25) is 12.4 Å². The van der Waals surface area contributed by atoms with Gasteiger partial charge in [-0.25, -0.2) is 16.8 Å². The van der Waals surface area contributed by atoms with E-state index in [0.717, 1.165) is 39.8 Å².